The van der Waals surface area contributed by atoms with Crippen molar-refractivity contribution in [2.75, 3.05) is 68.5 Å². The number of halogens is 1. The van der Waals surface area contributed by atoms with Crippen LogP contribution in [0.25, 0.3) is 11.2 Å². The first-order chi connectivity index (χ1) is 20.0. The number of likely N-dealkylation sites (tertiary alicyclic amines) is 1. The Morgan fingerprint density at radius 1 is 0.927 bits per heavy atom. The van der Waals surface area contributed by atoms with Crippen molar-refractivity contribution in [1.29, 1.82) is 0 Å². The van der Waals surface area contributed by atoms with Crippen molar-refractivity contribution in [3.63, 3.8) is 0 Å². The molecule has 2 saturated heterocycles. The van der Waals surface area contributed by atoms with Crippen LogP contribution in [0.4, 0.5) is 33.3 Å². The molecular formula is C29H34FN9O2. The molecule has 4 heterocycles. The molecule has 2 fully saturated rings. The van der Waals surface area contributed by atoms with Crippen molar-refractivity contribution in [3.05, 3.63) is 60.5 Å². The van der Waals surface area contributed by atoms with Gasteiger partial charge in [-0.25, -0.2) is 14.4 Å². The summed E-state index contributed by atoms with van der Waals surface area (Å²) in [5.41, 5.74) is 4.06. The molecule has 0 atom stereocenters. The predicted octanol–water partition coefficient (Wildman–Crippen LogP) is 3.36. The second-order valence-electron chi connectivity index (χ2n) is 10.6. The lowest BCUT2D eigenvalue weighted by atomic mass is 10.0. The molecule has 6 rings (SSSR count). The fourth-order valence-corrected chi connectivity index (χ4v) is 5.47. The monoisotopic (exact) mass is 559 g/mol. The number of hydrogen-bond donors (Lipinski definition) is 3. The van der Waals surface area contributed by atoms with Crippen LogP contribution in [0.2, 0.25) is 0 Å². The third kappa shape index (κ3) is 5.93. The Morgan fingerprint density at radius 2 is 1.59 bits per heavy atom. The van der Waals surface area contributed by atoms with Crippen molar-refractivity contribution in [3.8, 4) is 0 Å². The Morgan fingerprint density at radius 3 is 2.27 bits per heavy atom. The molecule has 0 radical (unpaired) electrons. The summed E-state index contributed by atoms with van der Waals surface area (Å²) in [6.45, 7) is 4.68. The van der Waals surface area contributed by atoms with E-state index in [1.54, 1.807) is 23.2 Å². The summed E-state index contributed by atoms with van der Waals surface area (Å²) in [7, 11) is 2.15. The van der Waals surface area contributed by atoms with E-state index in [9.17, 15) is 14.3 Å². The number of aromatic nitrogens is 4. The van der Waals surface area contributed by atoms with Gasteiger partial charge in [-0.2, -0.15) is 4.98 Å². The smallest absolute Gasteiger partial charge is 0.248 e. The number of carbonyl (C=O) groups is 1. The van der Waals surface area contributed by atoms with Crippen LogP contribution in [-0.2, 0) is 4.79 Å². The zero-order valence-corrected chi connectivity index (χ0v) is 23.0. The van der Waals surface area contributed by atoms with E-state index in [1.807, 2.05) is 16.7 Å². The molecule has 3 N–H and O–H groups in total. The molecular weight excluding hydrogens is 525 g/mol. The van der Waals surface area contributed by atoms with Crippen molar-refractivity contribution in [2.45, 2.75) is 18.9 Å². The third-order valence-corrected chi connectivity index (χ3v) is 7.84. The molecule has 11 nitrogen and oxygen atoms in total. The number of likely N-dealkylation sites (N-methyl/N-ethyl adjacent to an activating group) is 1. The minimum atomic E-state index is -0.491. The summed E-state index contributed by atoms with van der Waals surface area (Å²) in [4.78, 5) is 32.6. The number of piperazine rings is 1. The lowest BCUT2D eigenvalue weighted by Gasteiger charge is -2.34. The molecule has 41 heavy (non-hydrogen) atoms. The van der Waals surface area contributed by atoms with Gasteiger partial charge in [0.25, 0.3) is 0 Å². The average molecular weight is 560 g/mol. The fraction of sp³-hybridized carbons (Fsp3) is 0.379. The Balaban J connectivity index is 1.26. The zero-order valence-electron chi connectivity index (χ0n) is 23.0. The number of carbonyl (C=O) groups excluding carboxylic acids is 1. The quantitative estimate of drug-likeness (QED) is 0.314. The Hall–Kier alpha value is -4.29. The maximum absolute atomic E-state index is 13.5. The van der Waals surface area contributed by atoms with Crippen LogP contribution in [0.3, 0.4) is 0 Å². The molecule has 12 heteroatoms. The third-order valence-electron chi connectivity index (χ3n) is 7.84. The van der Waals surface area contributed by atoms with Crippen LogP contribution in [-0.4, -0.2) is 93.3 Å². The van der Waals surface area contributed by atoms with Crippen LogP contribution in [0.5, 0.6) is 0 Å². The molecule has 0 unspecified atom stereocenters. The van der Waals surface area contributed by atoms with Gasteiger partial charge in [0.05, 0.1) is 6.20 Å². The number of nitrogens with one attached hydrogen (secondary N) is 2. The number of fused-ring (bicyclic) bond motifs is 1. The summed E-state index contributed by atoms with van der Waals surface area (Å²) in [6.07, 6.45) is 3.05. The van der Waals surface area contributed by atoms with Gasteiger partial charge in [0.2, 0.25) is 17.8 Å². The second-order valence-corrected chi connectivity index (χ2v) is 10.6. The molecule has 2 aliphatic rings. The SMILES string of the molecule is CN1CCN(c2ccc(Nc3ncc4nc(Nc5ccc(F)cc5)n(C5CCN(C(=O)CO)CC5)c4n3)cc2)CC1. The number of imidazole rings is 1. The van der Waals surface area contributed by atoms with Crippen molar-refractivity contribution in [2.24, 2.45) is 0 Å². The van der Waals surface area contributed by atoms with Gasteiger partial charge in [0, 0.05) is 62.4 Å². The van der Waals surface area contributed by atoms with E-state index in [4.69, 9.17) is 9.97 Å². The van der Waals surface area contributed by atoms with Crippen LogP contribution in [0.15, 0.2) is 54.7 Å². The highest BCUT2D eigenvalue weighted by Crippen LogP contribution is 2.32. The predicted molar refractivity (Wildman–Crippen MR) is 156 cm³/mol. The second kappa shape index (κ2) is 11.7. The number of rotatable bonds is 7. The Kier molecular flexibility index (Phi) is 7.66. The Labute approximate surface area is 237 Å². The summed E-state index contributed by atoms with van der Waals surface area (Å²) in [5.74, 6) is 0.438. The lowest BCUT2D eigenvalue weighted by molar-refractivity contribution is -0.135. The largest absolute Gasteiger partial charge is 0.387 e. The van der Waals surface area contributed by atoms with Gasteiger partial charge in [-0.15, -0.1) is 0 Å². The topological polar surface area (TPSA) is 115 Å². The Bertz CT molecular complexity index is 1490. The number of nitrogens with zero attached hydrogens (tertiary/aromatic N) is 7. The lowest BCUT2D eigenvalue weighted by Crippen LogP contribution is -2.44. The van der Waals surface area contributed by atoms with Gasteiger partial charge >= 0.3 is 0 Å². The highest BCUT2D eigenvalue weighted by molar-refractivity contribution is 5.78. The zero-order chi connectivity index (χ0) is 28.3. The van der Waals surface area contributed by atoms with Gasteiger partial charge in [-0.1, -0.05) is 0 Å². The normalized spacial score (nSPS) is 16.8. The molecule has 214 valence electrons. The van der Waals surface area contributed by atoms with E-state index >= 15 is 0 Å². The number of hydrogen-bond acceptors (Lipinski definition) is 9. The summed E-state index contributed by atoms with van der Waals surface area (Å²) in [6, 6.07) is 14.4. The van der Waals surface area contributed by atoms with Crippen molar-refractivity contribution < 1.29 is 14.3 Å². The number of amides is 1. The van der Waals surface area contributed by atoms with E-state index < -0.39 is 6.61 Å². The van der Waals surface area contributed by atoms with Crippen LogP contribution in [0, 0.1) is 5.82 Å². The molecule has 0 bridgehead atoms. The number of piperidine rings is 1. The fourth-order valence-electron chi connectivity index (χ4n) is 5.47. The first kappa shape index (κ1) is 26.9. The number of aliphatic hydroxyl groups excluding tert-OH is 1. The molecule has 2 aliphatic heterocycles. The number of anilines is 5. The molecule has 4 aromatic rings. The molecule has 2 aromatic carbocycles. The van der Waals surface area contributed by atoms with E-state index in [2.05, 4.69) is 44.6 Å². The van der Waals surface area contributed by atoms with Gasteiger partial charge < -0.3 is 30.4 Å². The first-order valence-corrected chi connectivity index (χ1v) is 13.9. The molecule has 0 saturated carbocycles. The molecule has 1 amide bonds. The van der Waals surface area contributed by atoms with Gasteiger partial charge in [-0.3, -0.25) is 9.36 Å². The summed E-state index contributed by atoms with van der Waals surface area (Å²) in [5, 5.41) is 15.9. The standard InChI is InChI=1S/C29H34FN9O2/c1-36-14-16-37(17-15-36)23-8-6-21(7-9-23)32-28-31-18-25-27(35-28)39(24-10-12-38(13-11-24)26(41)19-40)29(34-25)33-22-4-2-20(30)3-5-22/h2-9,18,24,40H,10-17,19H2,1H3,(H,33,34)(H,31,32,35). The maximum atomic E-state index is 13.5. The van der Waals surface area contributed by atoms with E-state index in [1.165, 1.54) is 17.8 Å². The maximum Gasteiger partial charge on any atom is 0.248 e. The summed E-state index contributed by atoms with van der Waals surface area (Å²) < 4.78 is 15.6. The molecule has 2 aromatic heterocycles. The van der Waals surface area contributed by atoms with Crippen LogP contribution in [0.1, 0.15) is 18.9 Å². The van der Waals surface area contributed by atoms with Crippen molar-refractivity contribution >= 4 is 46.0 Å². The first-order valence-electron chi connectivity index (χ1n) is 13.9. The summed E-state index contributed by atoms with van der Waals surface area (Å²) >= 11 is 0. The average Bonchev–Trinajstić information content (AvgIpc) is 3.36. The van der Waals surface area contributed by atoms with E-state index in [-0.39, 0.29) is 17.8 Å². The highest BCUT2D eigenvalue weighted by Gasteiger charge is 2.27. The van der Waals surface area contributed by atoms with Crippen LogP contribution < -0.4 is 15.5 Å². The van der Waals surface area contributed by atoms with Gasteiger partial charge in [0.15, 0.2) is 5.65 Å². The minimum absolute atomic E-state index is 0.0105. The van der Waals surface area contributed by atoms with E-state index in [0.717, 1.165) is 31.9 Å². The van der Waals surface area contributed by atoms with Gasteiger partial charge in [-0.05, 0) is 68.4 Å². The minimum Gasteiger partial charge on any atom is -0.387 e. The van der Waals surface area contributed by atoms with Gasteiger partial charge in [0.1, 0.15) is 17.9 Å². The van der Waals surface area contributed by atoms with Crippen molar-refractivity contribution in [1.82, 2.24) is 29.3 Å². The molecule has 0 spiro atoms. The number of benzene rings is 2. The highest BCUT2D eigenvalue weighted by atomic mass is 19.1. The van der Waals surface area contributed by atoms with E-state index in [0.29, 0.717) is 54.7 Å². The molecule has 0 aliphatic carbocycles. The number of aliphatic hydroxyl groups is 1. The van der Waals surface area contributed by atoms with Crippen LogP contribution >= 0.6 is 0 Å².